The molecule has 412 valence electrons. The maximum atomic E-state index is 13.0. The summed E-state index contributed by atoms with van der Waals surface area (Å²) in [5.74, 6) is -0.236. The molecule has 1 amide bonds. The maximum Gasteiger partial charge on any atom is 0.220 e. The first-order valence-corrected chi connectivity index (χ1v) is 29.1. The Hall–Kier alpha value is -3.15. The second-order valence-electron chi connectivity index (χ2n) is 19.7. The predicted octanol–water partition coefficient (Wildman–Crippen LogP) is 14.6. The van der Waals surface area contributed by atoms with Crippen molar-refractivity contribution in [3.8, 4) is 0 Å². The minimum atomic E-state index is -1.59. The van der Waals surface area contributed by atoms with E-state index in [4.69, 9.17) is 9.47 Å². The van der Waals surface area contributed by atoms with Crippen molar-refractivity contribution in [2.45, 2.75) is 269 Å². The first-order valence-electron chi connectivity index (χ1n) is 29.1. The summed E-state index contributed by atoms with van der Waals surface area (Å²) in [6, 6.07) is -0.860. The van der Waals surface area contributed by atoms with Crippen molar-refractivity contribution in [2.24, 2.45) is 0 Å². The fourth-order valence-corrected chi connectivity index (χ4v) is 8.49. The van der Waals surface area contributed by atoms with Gasteiger partial charge in [-0.15, -0.1) is 0 Å². The third-order valence-electron chi connectivity index (χ3n) is 13.1. The SMILES string of the molecule is CC/C=C\C/C=C\C/C=C\C/C=C\C/C=C\C/C=C\CCCCC(=O)NC(COC1OC(CO)C(O)C(O)C1O)C(O)/C=C/CC/C=C/CC/C=C/CCCCCCCCCCCCCCCCCCCC. The monoisotopic (exact) mass is 1010 g/mol. The Morgan fingerprint density at radius 3 is 1.33 bits per heavy atom. The van der Waals surface area contributed by atoms with Crippen LogP contribution in [-0.2, 0) is 14.3 Å². The van der Waals surface area contributed by atoms with Crippen LogP contribution in [0.3, 0.4) is 0 Å². The number of ether oxygens (including phenoxy) is 2. The molecule has 0 bridgehead atoms. The van der Waals surface area contributed by atoms with Crippen LogP contribution in [0.5, 0.6) is 0 Å². The molecule has 0 radical (unpaired) electrons. The molecule has 9 nitrogen and oxygen atoms in total. The van der Waals surface area contributed by atoms with Crippen molar-refractivity contribution in [3.63, 3.8) is 0 Å². The van der Waals surface area contributed by atoms with Crippen molar-refractivity contribution in [3.05, 3.63) is 109 Å². The van der Waals surface area contributed by atoms with Crippen LogP contribution in [0.2, 0.25) is 0 Å². The summed E-state index contributed by atoms with van der Waals surface area (Å²) in [4.78, 5) is 13.0. The van der Waals surface area contributed by atoms with Crippen molar-refractivity contribution in [2.75, 3.05) is 13.2 Å². The van der Waals surface area contributed by atoms with E-state index in [1.54, 1.807) is 6.08 Å². The van der Waals surface area contributed by atoms with Crippen LogP contribution in [0.25, 0.3) is 0 Å². The van der Waals surface area contributed by atoms with Crippen molar-refractivity contribution in [1.29, 1.82) is 0 Å². The predicted molar refractivity (Wildman–Crippen MR) is 304 cm³/mol. The molecule has 9 heteroatoms. The third kappa shape index (κ3) is 40.3. The summed E-state index contributed by atoms with van der Waals surface area (Å²) < 4.78 is 11.2. The largest absolute Gasteiger partial charge is 0.394 e. The standard InChI is InChI=1S/C63H107NO8/c1-3-5-7-9-11-13-15-17-19-21-23-25-26-27-28-29-30-31-33-34-36-38-40-42-44-46-48-50-52-57(66)56(55-71-63-62(70)61(69)60(68)58(54-65)72-63)64-59(67)53-51-49-47-45-43-41-39-37-35-32-24-22-20-18-16-14-12-10-8-6-4-2/h6,8,12,14,18,20,24,32,34,36-37,39,42-45,50,52,56-58,60-63,65-66,68-70H,3-5,7,9-11,13,15-17,19,21-23,25-31,33,35,38,40-41,46-49,51,53-55H2,1-2H3,(H,64,67)/b8-6-,14-12-,20-18-,32-24-,36-34+,39-37-,44-42+,45-43-,52-50+. The number of unbranched alkanes of at least 4 members (excludes halogenated alkanes) is 22. The summed E-state index contributed by atoms with van der Waals surface area (Å²) in [6.45, 7) is 3.62. The molecule has 1 saturated heterocycles. The van der Waals surface area contributed by atoms with Crippen LogP contribution >= 0.6 is 0 Å². The van der Waals surface area contributed by atoms with E-state index in [9.17, 15) is 30.3 Å². The van der Waals surface area contributed by atoms with Gasteiger partial charge in [-0.1, -0.05) is 232 Å². The highest BCUT2D eigenvalue weighted by Gasteiger charge is 2.44. The number of allylic oxidation sites excluding steroid dienone is 17. The maximum absolute atomic E-state index is 13.0. The Morgan fingerprint density at radius 2 is 0.875 bits per heavy atom. The lowest BCUT2D eigenvalue weighted by Gasteiger charge is -2.40. The fraction of sp³-hybridized carbons (Fsp3) is 0.698. The molecule has 7 atom stereocenters. The molecule has 0 aromatic heterocycles. The van der Waals surface area contributed by atoms with Crippen molar-refractivity contribution in [1.82, 2.24) is 5.32 Å². The average Bonchev–Trinajstić information content (AvgIpc) is 3.38. The van der Waals surface area contributed by atoms with Gasteiger partial charge in [0.2, 0.25) is 5.91 Å². The molecule has 7 unspecified atom stereocenters. The van der Waals surface area contributed by atoms with Gasteiger partial charge >= 0.3 is 0 Å². The Bertz CT molecular complexity index is 1490. The topological polar surface area (TPSA) is 149 Å². The van der Waals surface area contributed by atoms with Crippen LogP contribution in [0, 0.1) is 0 Å². The minimum Gasteiger partial charge on any atom is -0.394 e. The molecule has 1 aliphatic heterocycles. The van der Waals surface area contributed by atoms with Gasteiger partial charge in [0.05, 0.1) is 25.4 Å². The van der Waals surface area contributed by atoms with E-state index in [2.05, 4.69) is 116 Å². The van der Waals surface area contributed by atoms with Gasteiger partial charge in [-0.3, -0.25) is 4.79 Å². The first kappa shape index (κ1) is 66.9. The second kappa shape index (κ2) is 51.3. The van der Waals surface area contributed by atoms with Gasteiger partial charge in [0.15, 0.2) is 6.29 Å². The number of aliphatic hydroxyl groups is 5. The molecule has 0 aromatic rings. The number of nitrogens with one attached hydrogen (secondary N) is 1. The van der Waals surface area contributed by atoms with E-state index in [0.717, 1.165) is 77.0 Å². The van der Waals surface area contributed by atoms with Crippen LogP contribution in [-0.4, -0.2) is 87.5 Å². The van der Waals surface area contributed by atoms with Gasteiger partial charge in [-0.2, -0.15) is 0 Å². The molecule has 72 heavy (non-hydrogen) atoms. The number of amides is 1. The van der Waals surface area contributed by atoms with E-state index in [1.165, 1.54) is 116 Å². The molecule has 1 rings (SSSR count). The third-order valence-corrected chi connectivity index (χ3v) is 13.1. The number of hydrogen-bond donors (Lipinski definition) is 6. The van der Waals surface area contributed by atoms with E-state index >= 15 is 0 Å². The molecular weight excluding hydrogens is 899 g/mol. The van der Waals surface area contributed by atoms with Gasteiger partial charge in [0.1, 0.15) is 24.4 Å². The van der Waals surface area contributed by atoms with Gasteiger partial charge in [0, 0.05) is 6.42 Å². The molecule has 1 fully saturated rings. The summed E-state index contributed by atoms with van der Waals surface area (Å²) >= 11 is 0. The van der Waals surface area contributed by atoms with E-state index in [-0.39, 0.29) is 18.9 Å². The Labute approximate surface area is 440 Å². The highest BCUT2D eigenvalue weighted by molar-refractivity contribution is 5.76. The van der Waals surface area contributed by atoms with E-state index in [0.29, 0.717) is 12.8 Å². The molecule has 0 spiro atoms. The molecular formula is C63H107NO8. The lowest BCUT2D eigenvalue weighted by Crippen LogP contribution is -2.60. The highest BCUT2D eigenvalue weighted by Crippen LogP contribution is 2.23. The zero-order valence-corrected chi connectivity index (χ0v) is 45.6. The molecule has 0 aromatic carbocycles. The number of carbonyl (C=O) groups is 1. The normalized spacial score (nSPS) is 20.0. The second-order valence-corrected chi connectivity index (χ2v) is 19.7. The number of rotatable bonds is 48. The van der Waals surface area contributed by atoms with Crippen LogP contribution in [0.15, 0.2) is 109 Å². The van der Waals surface area contributed by atoms with Crippen molar-refractivity contribution < 1.29 is 39.8 Å². The molecule has 0 aliphatic carbocycles. The minimum absolute atomic E-state index is 0.231. The summed E-state index contributed by atoms with van der Waals surface area (Å²) in [7, 11) is 0. The lowest BCUT2D eigenvalue weighted by molar-refractivity contribution is -0.302. The molecule has 6 N–H and O–H groups in total. The van der Waals surface area contributed by atoms with Gasteiger partial charge in [-0.25, -0.2) is 0 Å². The fourth-order valence-electron chi connectivity index (χ4n) is 8.49. The first-order chi connectivity index (χ1) is 35.3. The molecule has 0 saturated carbocycles. The molecule has 1 aliphatic rings. The Kier molecular flexibility index (Phi) is 47.7. The van der Waals surface area contributed by atoms with Crippen LogP contribution in [0.4, 0.5) is 0 Å². The number of aliphatic hydroxyl groups excluding tert-OH is 5. The van der Waals surface area contributed by atoms with E-state index < -0.39 is 49.5 Å². The molecule has 1 heterocycles. The van der Waals surface area contributed by atoms with Gasteiger partial charge < -0.3 is 40.3 Å². The van der Waals surface area contributed by atoms with Gasteiger partial charge in [0.25, 0.3) is 0 Å². The van der Waals surface area contributed by atoms with Gasteiger partial charge in [-0.05, 0) is 96.3 Å². The Balaban J connectivity index is 2.31. The van der Waals surface area contributed by atoms with E-state index in [1.807, 2.05) is 6.08 Å². The summed E-state index contributed by atoms with van der Waals surface area (Å²) in [5, 5.41) is 54.4. The zero-order valence-electron chi connectivity index (χ0n) is 45.6. The summed E-state index contributed by atoms with van der Waals surface area (Å²) in [5.41, 5.74) is 0. The number of hydrogen-bond acceptors (Lipinski definition) is 8. The highest BCUT2D eigenvalue weighted by atomic mass is 16.7. The average molecular weight is 1010 g/mol. The van der Waals surface area contributed by atoms with Crippen molar-refractivity contribution >= 4 is 5.91 Å². The quantitative estimate of drug-likeness (QED) is 0.0261. The van der Waals surface area contributed by atoms with Crippen LogP contribution < -0.4 is 5.32 Å². The number of carbonyl (C=O) groups excluding carboxylic acids is 1. The lowest BCUT2D eigenvalue weighted by atomic mass is 9.99. The zero-order chi connectivity index (χ0) is 52.2. The van der Waals surface area contributed by atoms with Crippen LogP contribution in [0.1, 0.15) is 226 Å². The summed E-state index contributed by atoms with van der Waals surface area (Å²) in [6.07, 6.45) is 68.8. The Morgan fingerprint density at radius 1 is 0.486 bits per heavy atom. The smallest absolute Gasteiger partial charge is 0.220 e.